The molecule has 1 saturated carbocycles. The molecular formula is C15H25NS. The van der Waals surface area contributed by atoms with Crippen LogP contribution in [0, 0.1) is 0 Å². The Labute approximate surface area is 110 Å². The van der Waals surface area contributed by atoms with E-state index in [-0.39, 0.29) is 5.41 Å². The maximum Gasteiger partial charge on any atom is 0.0115 e. The summed E-state index contributed by atoms with van der Waals surface area (Å²) in [4.78, 5) is 1.50. The van der Waals surface area contributed by atoms with Gasteiger partial charge in [-0.15, -0.1) is 11.3 Å². The molecule has 1 aromatic rings. The third-order valence-corrected chi connectivity index (χ3v) is 5.11. The minimum Gasteiger partial charge on any atom is -0.313 e. The highest BCUT2D eigenvalue weighted by Crippen LogP contribution is 2.27. The smallest absolute Gasteiger partial charge is 0.0115 e. The summed E-state index contributed by atoms with van der Waals surface area (Å²) in [5.41, 5.74) is 0.278. The van der Waals surface area contributed by atoms with Crippen molar-refractivity contribution in [3.63, 3.8) is 0 Å². The molecule has 17 heavy (non-hydrogen) atoms. The first-order valence-corrected chi connectivity index (χ1v) is 7.84. The fraction of sp³-hybridized carbons (Fsp3) is 0.733. The lowest BCUT2D eigenvalue weighted by Crippen LogP contribution is -2.38. The van der Waals surface area contributed by atoms with Crippen molar-refractivity contribution in [2.75, 3.05) is 6.54 Å². The normalized spacial score (nSPS) is 19.2. The van der Waals surface area contributed by atoms with E-state index in [1.54, 1.807) is 0 Å². The Morgan fingerprint density at radius 2 is 1.94 bits per heavy atom. The van der Waals surface area contributed by atoms with Gasteiger partial charge < -0.3 is 5.32 Å². The number of thiophene rings is 1. The van der Waals surface area contributed by atoms with Gasteiger partial charge in [0.15, 0.2) is 0 Å². The molecule has 0 aliphatic heterocycles. The first kappa shape index (κ1) is 13.1. The number of hydrogen-bond donors (Lipinski definition) is 1. The molecular weight excluding hydrogens is 226 g/mol. The summed E-state index contributed by atoms with van der Waals surface area (Å²) in [7, 11) is 0. The molecule has 1 aliphatic rings. The van der Waals surface area contributed by atoms with E-state index in [4.69, 9.17) is 0 Å². The molecule has 0 amide bonds. The lowest BCUT2D eigenvalue weighted by molar-refractivity contribution is 0.395. The number of rotatable bonds is 4. The average molecular weight is 251 g/mol. The summed E-state index contributed by atoms with van der Waals surface area (Å²) in [6.07, 6.45) is 8.45. The highest BCUT2D eigenvalue weighted by Gasteiger charge is 2.23. The minimum atomic E-state index is 0.278. The Kier molecular flexibility index (Phi) is 4.63. The van der Waals surface area contributed by atoms with Gasteiger partial charge in [0.2, 0.25) is 0 Å². The van der Waals surface area contributed by atoms with Crippen molar-refractivity contribution in [1.29, 1.82) is 0 Å². The molecule has 2 rings (SSSR count). The molecule has 0 aromatic carbocycles. The van der Waals surface area contributed by atoms with Crippen LogP contribution in [0.3, 0.4) is 0 Å². The predicted molar refractivity (Wildman–Crippen MR) is 76.8 cm³/mol. The van der Waals surface area contributed by atoms with Crippen LogP contribution in [0.15, 0.2) is 17.5 Å². The van der Waals surface area contributed by atoms with Crippen LogP contribution in [0.25, 0.3) is 0 Å². The minimum absolute atomic E-state index is 0.278. The van der Waals surface area contributed by atoms with Crippen LogP contribution in [0.2, 0.25) is 0 Å². The quantitative estimate of drug-likeness (QED) is 0.785. The fourth-order valence-electron chi connectivity index (χ4n) is 2.63. The Balaban J connectivity index is 1.84. The average Bonchev–Trinajstić information content (AvgIpc) is 2.72. The molecule has 96 valence electrons. The lowest BCUT2D eigenvalue weighted by atomic mass is 9.91. The van der Waals surface area contributed by atoms with Crippen LogP contribution in [0.4, 0.5) is 0 Å². The monoisotopic (exact) mass is 251 g/mol. The molecule has 2 heteroatoms. The molecule has 1 N–H and O–H groups in total. The highest BCUT2D eigenvalue weighted by molar-refractivity contribution is 7.10. The van der Waals surface area contributed by atoms with Crippen molar-refractivity contribution < 1.29 is 0 Å². The first-order chi connectivity index (χ1) is 8.18. The Bertz CT molecular complexity index is 308. The van der Waals surface area contributed by atoms with E-state index in [9.17, 15) is 0 Å². The standard InChI is InChI=1S/C15H25NS/c1-15(2,14-10-7-11-17-14)12-16-13-8-5-3-4-6-9-13/h7,10-11,13,16H,3-6,8-9,12H2,1-2H3. The zero-order chi connectivity index (χ0) is 12.1. The molecule has 1 nitrogen and oxygen atoms in total. The van der Waals surface area contributed by atoms with E-state index >= 15 is 0 Å². The van der Waals surface area contributed by atoms with Gasteiger partial charge in [0.05, 0.1) is 0 Å². The molecule has 0 bridgehead atoms. The van der Waals surface area contributed by atoms with Gasteiger partial charge in [-0.1, -0.05) is 45.6 Å². The summed E-state index contributed by atoms with van der Waals surface area (Å²) < 4.78 is 0. The van der Waals surface area contributed by atoms with Gasteiger partial charge >= 0.3 is 0 Å². The molecule has 1 aromatic heterocycles. The summed E-state index contributed by atoms with van der Waals surface area (Å²) >= 11 is 1.88. The molecule has 1 aliphatic carbocycles. The predicted octanol–water partition coefficient (Wildman–Crippen LogP) is 4.34. The third-order valence-electron chi connectivity index (χ3n) is 3.88. The van der Waals surface area contributed by atoms with Gasteiger partial charge in [-0.25, -0.2) is 0 Å². The Hall–Kier alpha value is -0.340. The molecule has 1 fully saturated rings. The summed E-state index contributed by atoms with van der Waals surface area (Å²) in [6, 6.07) is 5.18. The van der Waals surface area contributed by atoms with E-state index in [1.165, 1.54) is 43.4 Å². The molecule has 0 unspecified atom stereocenters. The first-order valence-electron chi connectivity index (χ1n) is 6.96. The van der Waals surface area contributed by atoms with Crippen LogP contribution >= 0.6 is 11.3 Å². The van der Waals surface area contributed by atoms with Gasteiger partial charge in [0.1, 0.15) is 0 Å². The second-order valence-corrected chi connectivity index (χ2v) is 6.88. The topological polar surface area (TPSA) is 12.0 Å². The van der Waals surface area contributed by atoms with E-state index in [2.05, 4.69) is 36.7 Å². The lowest BCUT2D eigenvalue weighted by Gasteiger charge is -2.27. The molecule has 0 spiro atoms. The molecule has 0 radical (unpaired) electrons. The van der Waals surface area contributed by atoms with E-state index < -0.39 is 0 Å². The SMILES string of the molecule is CC(C)(CNC1CCCCCC1)c1cccs1. The van der Waals surface area contributed by atoms with Gasteiger partial charge in [-0.05, 0) is 24.3 Å². The zero-order valence-electron chi connectivity index (χ0n) is 11.2. The maximum atomic E-state index is 3.80. The summed E-state index contributed by atoms with van der Waals surface area (Å²) in [6.45, 7) is 5.81. The van der Waals surface area contributed by atoms with Crippen LogP contribution in [0.1, 0.15) is 57.2 Å². The van der Waals surface area contributed by atoms with Crippen molar-refractivity contribution in [2.45, 2.75) is 63.8 Å². The van der Waals surface area contributed by atoms with Gasteiger partial charge in [-0.3, -0.25) is 0 Å². The van der Waals surface area contributed by atoms with Gasteiger partial charge in [0, 0.05) is 22.9 Å². The van der Waals surface area contributed by atoms with Crippen molar-refractivity contribution in [2.24, 2.45) is 0 Å². The van der Waals surface area contributed by atoms with E-state index in [1.807, 2.05) is 11.3 Å². The van der Waals surface area contributed by atoms with Crippen LogP contribution < -0.4 is 5.32 Å². The summed E-state index contributed by atoms with van der Waals surface area (Å²) in [5, 5.41) is 5.98. The molecule has 1 heterocycles. The largest absolute Gasteiger partial charge is 0.313 e. The fourth-order valence-corrected chi connectivity index (χ4v) is 3.49. The van der Waals surface area contributed by atoms with Crippen molar-refractivity contribution >= 4 is 11.3 Å². The van der Waals surface area contributed by atoms with Gasteiger partial charge in [0.25, 0.3) is 0 Å². The van der Waals surface area contributed by atoms with Crippen LogP contribution in [-0.2, 0) is 5.41 Å². The Morgan fingerprint density at radius 1 is 1.24 bits per heavy atom. The van der Waals surface area contributed by atoms with Crippen molar-refractivity contribution in [3.8, 4) is 0 Å². The van der Waals surface area contributed by atoms with Gasteiger partial charge in [-0.2, -0.15) is 0 Å². The van der Waals surface area contributed by atoms with E-state index in [0.29, 0.717) is 0 Å². The van der Waals surface area contributed by atoms with Crippen molar-refractivity contribution in [3.05, 3.63) is 22.4 Å². The number of hydrogen-bond acceptors (Lipinski definition) is 2. The second-order valence-electron chi connectivity index (χ2n) is 5.93. The second kappa shape index (κ2) is 6.01. The van der Waals surface area contributed by atoms with Crippen molar-refractivity contribution in [1.82, 2.24) is 5.32 Å². The van der Waals surface area contributed by atoms with E-state index in [0.717, 1.165) is 12.6 Å². The third kappa shape index (κ3) is 3.82. The van der Waals surface area contributed by atoms with Crippen LogP contribution in [-0.4, -0.2) is 12.6 Å². The zero-order valence-corrected chi connectivity index (χ0v) is 12.0. The summed E-state index contributed by atoms with van der Waals surface area (Å²) in [5.74, 6) is 0. The Morgan fingerprint density at radius 3 is 2.53 bits per heavy atom. The number of nitrogens with one attached hydrogen (secondary N) is 1. The maximum absolute atomic E-state index is 3.80. The molecule has 0 saturated heterocycles. The van der Waals surface area contributed by atoms with Crippen LogP contribution in [0.5, 0.6) is 0 Å². The molecule has 0 atom stereocenters. The highest BCUT2D eigenvalue weighted by atomic mass is 32.1.